The number of hydrogen-bond acceptors (Lipinski definition) is 7. The van der Waals surface area contributed by atoms with Gasteiger partial charge in [0.15, 0.2) is 5.82 Å². The third kappa shape index (κ3) is 5.66. The highest BCUT2D eigenvalue weighted by atomic mass is 19.4. The van der Waals surface area contributed by atoms with Gasteiger partial charge in [0.25, 0.3) is 11.1 Å². The molecule has 1 atom stereocenters. The van der Waals surface area contributed by atoms with Gasteiger partial charge in [-0.1, -0.05) is 18.2 Å². The van der Waals surface area contributed by atoms with Gasteiger partial charge in [-0.05, 0) is 68.8 Å². The Balaban J connectivity index is 1.46. The highest BCUT2D eigenvalue weighted by Gasteiger charge is 2.42. The second kappa shape index (κ2) is 10.7. The summed E-state index contributed by atoms with van der Waals surface area (Å²) in [6.07, 6.45) is -1.96. The Hall–Kier alpha value is -4.65. The van der Waals surface area contributed by atoms with Gasteiger partial charge in [-0.2, -0.15) is 4.68 Å². The Morgan fingerprint density at radius 1 is 1.02 bits per heavy atom. The monoisotopic (exact) mass is 569 g/mol. The number of carboxylic acids is 1. The van der Waals surface area contributed by atoms with E-state index in [-0.39, 0.29) is 34.7 Å². The number of nitrogens with zero attached hydrogens (tertiary/aromatic N) is 4. The minimum atomic E-state index is -4.86. The number of rotatable bonds is 8. The summed E-state index contributed by atoms with van der Waals surface area (Å²) in [5.41, 5.74) is -1.50. The number of benzene rings is 2. The van der Waals surface area contributed by atoms with Gasteiger partial charge in [-0.25, -0.2) is 0 Å². The first kappa shape index (κ1) is 27.9. The molecule has 1 aliphatic rings. The lowest BCUT2D eigenvalue weighted by Gasteiger charge is -2.31. The molecule has 214 valence electrons. The second-order valence-corrected chi connectivity index (χ2v) is 9.87. The van der Waals surface area contributed by atoms with Gasteiger partial charge in [0.1, 0.15) is 17.0 Å². The SMILES string of the molecule is C[C@@]1(C(=O)O)CCCN1CCn1cccc(Nc2nn(-c3ccc(OC(F)(F)F)cc3)c(=O)c3ccccc23)c1=O. The maximum absolute atomic E-state index is 13.3. The van der Waals surface area contributed by atoms with Crippen molar-refractivity contribution in [3.8, 4) is 11.4 Å². The van der Waals surface area contributed by atoms with Gasteiger partial charge in [0.05, 0.1) is 11.1 Å². The van der Waals surface area contributed by atoms with Crippen molar-refractivity contribution in [3.05, 3.63) is 87.6 Å². The summed E-state index contributed by atoms with van der Waals surface area (Å²) in [6, 6.07) is 14.5. The molecule has 2 N–H and O–H groups in total. The normalized spacial score (nSPS) is 17.6. The summed E-state index contributed by atoms with van der Waals surface area (Å²) in [4.78, 5) is 40.2. The number of pyridine rings is 1. The zero-order valence-corrected chi connectivity index (χ0v) is 21.9. The van der Waals surface area contributed by atoms with Crippen LogP contribution in [0.5, 0.6) is 5.75 Å². The summed E-state index contributed by atoms with van der Waals surface area (Å²) in [5.74, 6) is -1.16. The molecule has 3 heterocycles. The van der Waals surface area contributed by atoms with Crippen molar-refractivity contribution in [2.45, 2.75) is 38.2 Å². The molecule has 41 heavy (non-hydrogen) atoms. The van der Waals surface area contributed by atoms with Gasteiger partial charge in [0.2, 0.25) is 0 Å². The summed E-state index contributed by atoms with van der Waals surface area (Å²) in [7, 11) is 0. The van der Waals surface area contributed by atoms with E-state index < -0.39 is 29.2 Å². The summed E-state index contributed by atoms with van der Waals surface area (Å²) in [6.45, 7) is 2.94. The Morgan fingerprint density at radius 3 is 2.41 bits per heavy atom. The molecule has 10 nitrogen and oxygen atoms in total. The maximum Gasteiger partial charge on any atom is 0.573 e. The number of aromatic nitrogens is 3. The topological polar surface area (TPSA) is 119 Å². The molecule has 1 aliphatic heterocycles. The van der Waals surface area contributed by atoms with Crippen molar-refractivity contribution in [1.29, 1.82) is 0 Å². The number of aliphatic carboxylic acids is 1. The van der Waals surface area contributed by atoms with E-state index >= 15 is 0 Å². The molecule has 0 saturated carbocycles. The van der Waals surface area contributed by atoms with Crippen LogP contribution in [-0.4, -0.2) is 55.3 Å². The quantitative estimate of drug-likeness (QED) is 0.325. The fourth-order valence-electron chi connectivity index (χ4n) is 5.03. The minimum Gasteiger partial charge on any atom is -0.480 e. The molecule has 1 fully saturated rings. The van der Waals surface area contributed by atoms with Crippen LogP contribution in [0, 0.1) is 0 Å². The van der Waals surface area contributed by atoms with E-state index in [1.807, 2.05) is 4.90 Å². The number of carboxylic acid groups (broad SMARTS) is 1. The lowest BCUT2D eigenvalue weighted by atomic mass is 9.99. The summed E-state index contributed by atoms with van der Waals surface area (Å²) >= 11 is 0. The number of halogens is 3. The molecule has 1 saturated heterocycles. The molecule has 13 heteroatoms. The molecule has 0 bridgehead atoms. The van der Waals surface area contributed by atoms with E-state index in [9.17, 15) is 32.7 Å². The zero-order chi connectivity index (χ0) is 29.4. The molecule has 4 aromatic rings. The van der Waals surface area contributed by atoms with Crippen molar-refractivity contribution in [2.75, 3.05) is 18.4 Å². The van der Waals surface area contributed by atoms with E-state index in [0.29, 0.717) is 24.9 Å². The highest BCUT2D eigenvalue weighted by Crippen LogP contribution is 2.29. The number of carbonyl (C=O) groups is 1. The first-order valence-corrected chi connectivity index (χ1v) is 12.8. The van der Waals surface area contributed by atoms with Gasteiger partial charge in [0, 0.05) is 24.7 Å². The molecule has 2 aromatic heterocycles. The molecular weight excluding hydrogens is 543 g/mol. The lowest BCUT2D eigenvalue weighted by molar-refractivity contribution is -0.274. The zero-order valence-electron chi connectivity index (χ0n) is 21.9. The van der Waals surface area contributed by atoms with Gasteiger partial charge >= 0.3 is 12.3 Å². The Kier molecular flexibility index (Phi) is 7.30. The lowest BCUT2D eigenvalue weighted by Crippen LogP contribution is -2.49. The smallest absolute Gasteiger partial charge is 0.480 e. The van der Waals surface area contributed by atoms with Gasteiger partial charge in [-0.3, -0.25) is 19.3 Å². The molecular formula is C28H26F3N5O5. The molecule has 5 rings (SSSR count). The van der Waals surface area contributed by atoms with E-state index in [2.05, 4.69) is 15.2 Å². The van der Waals surface area contributed by atoms with Crippen molar-refractivity contribution in [1.82, 2.24) is 19.2 Å². The van der Waals surface area contributed by atoms with Crippen LogP contribution in [0.15, 0.2) is 76.4 Å². The Labute approximate surface area is 231 Å². The van der Waals surface area contributed by atoms with Crippen LogP contribution >= 0.6 is 0 Å². The van der Waals surface area contributed by atoms with Gasteiger partial charge < -0.3 is 19.7 Å². The number of nitrogens with one attached hydrogen (secondary N) is 1. The van der Waals surface area contributed by atoms with Crippen LogP contribution in [0.2, 0.25) is 0 Å². The number of hydrogen-bond donors (Lipinski definition) is 2. The highest BCUT2D eigenvalue weighted by molar-refractivity contribution is 5.92. The number of likely N-dealkylation sites (tertiary alicyclic amines) is 1. The van der Waals surface area contributed by atoms with E-state index in [0.717, 1.165) is 23.2 Å². The average molecular weight is 570 g/mol. The maximum atomic E-state index is 13.3. The van der Waals surface area contributed by atoms with Crippen molar-refractivity contribution in [2.24, 2.45) is 0 Å². The Morgan fingerprint density at radius 2 is 1.73 bits per heavy atom. The number of alkyl halides is 3. The van der Waals surface area contributed by atoms with Crippen molar-refractivity contribution in [3.63, 3.8) is 0 Å². The number of ether oxygens (including phenoxy) is 1. The van der Waals surface area contributed by atoms with E-state index in [4.69, 9.17) is 0 Å². The van der Waals surface area contributed by atoms with Crippen molar-refractivity contribution >= 4 is 28.2 Å². The number of fused-ring (bicyclic) bond motifs is 1. The second-order valence-electron chi connectivity index (χ2n) is 9.87. The van der Waals surface area contributed by atoms with Gasteiger partial charge in [-0.15, -0.1) is 18.3 Å². The average Bonchev–Trinajstić information content (AvgIpc) is 3.32. The van der Waals surface area contributed by atoms with Crippen LogP contribution in [0.1, 0.15) is 19.8 Å². The molecule has 0 spiro atoms. The molecule has 0 aliphatic carbocycles. The third-order valence-electron chi connectivity index (χ3n) is 7.25. The predicted molar refractivity (Wildman–Crippen MR) is 145 cm³/mol. The van der Waals surface area contributed by atoms with Crippen LogP contribution in [0.25, 0.3) is 16.5 Å². The van der Waals surface area contributed by atoms with Crippen LogP contribution in [0.4, 0.5) is 24.7 Å². The molecule has 0 amide bonds. The summed E-state index contributed by atoms with van der Waals surface area (Å²) in [5, 5.41) is 17.8. The standard InChI is InChI=1S/C28H26F3N5O5/c1-27(26(39)40)13-5-15-35(27)17-16-34-14-4-8-22(25(34)38)32-23-20-6-2-3-7-21(20)24(37)36(33-23)18-9-11-19(12-10-18)41-28(29,30)31/h2-4,6-12,14H,5,13,15-17H2,1H3,(H,32,33)(H,39,40)/t27-/m0/s1. The van der Waals surface area contributed by atoms with Crippen LogP contribution in [-0.2, 0) is 11.3 Å². The van der Waals surface area contributed by atoms with Crippen molar-refractivity contribution < 1.29 is 27.8 Å². The first-order valence-electron chi connectivity index (χ1n) is 12.8. The third-order valence-corrected chi connectivity index (χ3v) is 7.25. The van der Waals surface area contributed by atoms with E-state index in [1.165, 1.54) is 16.7 Å². The largest absolute Gasteiger partial charge is 0.573 e. The summed E-state index contributed by atoms with van der Waals surface area (Å²) < 4.78 is 44.1. The first-order chi connectivity index (χ1) is 19.5. The van der Waals surface area contributed by atoms with E-state index in [1.54, 1.807) is 49.5 Å². The minimum absolute atomic E-state index is 0.173. The number of anilines is 2. The van der Waals surface area contributed by atoms with Crippen LogP contribution in [0.3, 0.4) is 0 Å². The molecule has 0 radical (unpaired) electrons. The molecule has 0 unspecified atom stereocenters. The fraction of sp³-hybridized carbons (Fsp3) is 0.286. The Bertz CT molecular complexity index is 1720. The molecule has 2 aromatic carbocycles. The fourth-order valence-corrected chi connectivity index (χ4v) is 5.03. The predicted octanol–water partition coefficient (Wildman–Crippen LogP) is 4.13. The van der Waals surface area contributed by atoms with Crippen LogP contribution < -0.4 is 21.2 Å².